The van der Waals surface area contributed by atoms with Crippen LogP contribution in [0.1, 0.15) is 60.6 Å². The molecule has 5 heteroatoms. The zero-order valence-corrected chi connectivity index (χ0v) is 15.5. The van der Waals surface area contributed by atoms with Gasteiger partial charge in [0.2, 0.25) is 0 Å². The Kier molecular flexibility index (Phi) is 5.80. The van der Waals surface area contributed by atoms with Crippen molar-refractivity contribution >= 4 is 11.9 Å². The lowest BCUT2D eigenvalue weighted by molar-refractivity contribution is 0.0635. The van der Waals surface area contributed by atoms with Gasteiger partial charge < -0.3 is 10.5 Å². The highest BCUT2D eigenvalue weighted by molar-refractivity contribution is 5.83. The Hall–Kier alpha value is -1.62. The fourth-order valence-electron chi connectivity index (χ4n) is 2.65. The van der Waals surface area contributed by atoms with Gasteiger partial charge in [-0.25, -0.2) is 9.78 Å². The van der Waals surface area contributed by atoms with Crippen molar-refractivity contribution in [2.75, 3.05) is 11.9 Å². The number of nitrogens with one attached hydrogen (secondary N) is 1. The number of pyridine rings is 1. The van der Waals surface area contributed by atoms with Gasteiger partial charge in [-0.1, -0.05) is 33.8 Å². The first kappa shape index (κ1) is 19.4. The normalized spacial score (nSPS) is 12.9. The first-order chi connectivity index (χ1) is 10.3. The second kappa shape index (κ2) is 6.87. The van der Waals surface area contributed by atoms with E-state index in [1.807, 2.05) is 32.9 Å². The van der Waals surface area contributed by atoms with Gasteiger partial charge in [0.15, 0.2) is 0 Å². The maximum absolute atomic E-state index is 11.9. The number of amides is 1. The zero-order valence-electron chi connectivity index (χ0n) is 15.5. The lowest BCUT2D eigenvalue weighted by Crippen LogP contribution is -2.33. The SMILES string of the molecule is CC(C)(CN)CC(C)(C)c1cccc(NC(=O)OC(C)(C)C)n1. The van der Waals surface area contributed by atoms with E-state index in [0.717, 1.165) is 12.1 Å². The van der Waals surface area contributed by atoms with E-state index >= 15 is 0 Å². The molecule has 1 rings (SSSR count). The van der Waals surface area contributed by atoms with Gasteiger partial charge in [-0.15, -0.1) is 0 Å². The third-order valence-corrected chi connectivity index (χ3v) is 3.54. The summed E-state index contributed by atoms with van der Waals surface area (Å²) in [5, 5.41) is 2.69. The summed E-state index contributed by atoms with van der Waals surface area (Å²) < 4.78 is 5.26. The van der Waals surface area contributed by atoms with Gasteiger partial charge in [-0.05, 0) is 51.3 Å². The van der Waals surface area contributed by atoms with E-state index in [4.69, 9.17) is 10.5 Å². The predicted molar refractivity (Wildman–Crippen MR) is 94.6 cm³/mol. The van der Waals surface area contributed by atoms with Crippen molar-refractivity contribution in [1.82, 2.24) is 4.98 Å². The molecule has 0 unspecified atom stereocenters. The van der Waals surface area contributed by atoms with Crippen LogP contribution in [0.2, 0.25) is 0 Å². The predicted octanol–water partition coefficient (Wildman–Crippen LogP) is 4.08. The molecule has 1 aromatic rings. The summed E-state index contributed by atoms with van der Waals surface area (Å²) in [6.45, 7) is 14.7. The maximum Gasteiger partial charge on any atom is 0.413 e. The minimum absolute atomic E-state index is 0.0276. The molecule has 0 atom stereocenters. The standard InChI is InChI=1S/C18H31N3O2/c1-16(2,3)23-15(22)21-14-10-8-9-13(20-14)18(6,7)11-17(4,5)12-19/h8-10H,11-12,19H2,1-7H3,(H,20,21,22). The number of nitrogens with zero attached hydrogens (tertiary/aromatic N) is 1. The Labute approximate surface area is 140 Å². The Balaban J connectivity index is 2.90. The molecule has 130 valence electrons. The van der Waals surface area contributed by atoms with Crippen LogP contribution in [0.25, 0.3) is 0 Å². The van der Waals surface area contributed by atoms with Crippen LogP contribution in [0, 0.1) is 5.41 Å². The molecule has 23 heavy (non-hydrogen) atoms. The second-order valence-corrected chi connectivity index (χ2v) is 8.46. The summed E-state index contributed by atoms with van der Waals surface area (Å²) in [4.78, 5) is 16.5. The van der Waals surface area contributed by atoms with Crippen LogP contribution in [-0.4, -0.2) is 23.2 Å². The fraction of sp³-hybridized carbons (Fsp3) is 0.667. The van der Waals surface area contributed by atoms with Crippen LogP contribution in [0.4, 0.5) is 10.6 Å². The molecule has 1 amide bonds. The van der Waals surface area contributed by atoms with Gasteiger partial charge in [0.1, 0.15) is 11.4 Å². The van der Waals surface area contributed by atoms with E-state index in [0.29, 0.717) is 12.4 Å². The molecule has 0 fully saturated rings. The third kappa shape index (κ3) is 6.57. The third-order valence-electron chi connectivity index (χ3n) is 3.54. The fourth-order valence-corrected chi connectivity index (χ4v) is 2.65. The zero-order chi connectivity index (χ0) is 17.9. The highest BCUT2D eigenvalue weighted by Crippen LogP contribution is 2.35. The second-order valence-electron chi connectivity index (χ2n) is 8.46. The van der Waals surface area contributed by atoms with Crippen molar-refractivity contribution in [1.29, 1.82) is 0 Å². The average molecular weight is 321 g/mol. The molecule has 0 saturated carbocycles. The smallest absolute Gasteiger partial charge is 0.413 e. The summed E-state index contributed by atoms with van der Waals surface area (Å²) in [6, 6.07) is 5.64. The van der Waals surface area contributed by atoms with Crippen LogP contribution in [0.5, 0.6) is 0 Å². The number of ether oxygens (including phenoxy) is 1. The monoisotopic (exact) mass is 321 g/mol. The van der Waals surface area contributed by atoms with E-state index in [1.165, 1.54) is 0 Å². The molecule has 0 aliphatic rings. The number of hydrogen-bond acceptors (Lipinski definition) is 4. The van der Waals surface area contributed by atoms with E-state index in [2.05, 4.69) is 38.0 Å². The van der Waals surface area contributed by atoms with Crippen LogP contribution in [0.15, 0.2) is 18.2 Å². The summed E-state index contributed by atoms with van der Waals surface area (Å²) >= 11 is 0. The van der Waals surface area contributed by atoms with Crippen molar-refractivity contribution in [2.45, 2.75) is 65.9 Å². The molecule has 0 aromatic carbocycles. The lowest BCUT2D eigenvalue weighted by Gasteiger charge is -2.34. The van der Waals surface area contributed by atoms with Gasteiger partial charge in [0, 0.05) is 11.1 Å². The molecule has 0 bridgehead atoms. The largest absolute Gasteiger partial charge is 0.444 e. The number of rotatable bonds is 5. The molecule has 0 radical (unpaired) electrons. The van der Waals surface area contributed by atoms with Gasteiger partial charge in [-0.3, -0.25) is 5.32 Å². The van der Waals surface area contributed by atoms with E-state index in [9.17, 15) is 4.79 Å². The molecule has 1 aromatic heterocycles. The maximum atomic E-state index is 11.9. The van der Waals surface area contributed by atoms with Crippen LogP contribution in [-0.2, 0) is 10.2 Å². The van der Waals surface area contributed by atoms with Crippen molar-refractivity contribution in [2.24, 2.45) is 11.1 Å². The minimum atomic E-state index is -0.536. The molecule has 5 nitrogen and oxygen atoms in total. The van der Waals surface area contributed by atoms with Crippen molar-refractivity contribution < 1.29 is 9.53 Å². The quantitative estimate of drug-likeness (QED) is 0.856. The number of nitrogens with two attached hydrogens (primary N) is 1. The van der Waals surface area contributed by atoms with E-state index in [1.54, 1.807) is 6.07 Å². The number of aromatic nitrogens is 1. The van der Waals surface area contributed by atoms with E-state index in [-0.39, 0.29) is 10.8 Å². The molecule has 3 N–H and O–H groups in total. The van der Waals surface area contributed by atoms with Gasteiger partial charge >= 0.3 is 6.09 Å². The van der Waals surface area contributed by atoms with Gasteiger partial charge in [0.05, 0.1) is 0 Å². The van der Waals surface area contributed by atoms with Crippen LogP contribution in [0.3, 0.4) is 0 Å². The van der Waals surface area contributed by atoms with Crippen LogP contribution >= 0.6 is 0 Å². The molecule has 0 saturated heterocycles. The number of carbonyl (C=O) groups excluding carboxylic acids is 1. The summed E-state index contributed by atoms with van der Waals surface area (Å²) in [5.41, 5.74) is 6.12. The van der Waals surface area contributed by atoms with Gasteiger partial charge in [-0.2, -0.15) is 0 Å². The topological polar surface area (TPSA) is 77.2 Å². The Morgan fingerprint density at radius 2 is 1.78 bits per heavy atom. The highest BCUT2D eigenvalue weighted by Gasteiger charge is 2.30. The number of carbonyl (C=O) groups is 1. The highest BCUT2D eigenvalue weighted by atomic mass is 16.6. The minimum Gasteiger partial charge on any atom is -0.444 e. The number of anilines is 1. The first-order valence-corrected chi connectivity index (χ1v) is 8.02. The number of hydrogen-bond donors (Lipinski definition) is 2. The first-order valence-electron chi connectivity index (χ1n) is 8.02. The Bertz CT molecular complexity index is 545. The Morgan fingerprint density at radius 3 is 2.30 bits per heavy atom. The molecular weight excluding hydrogens is 290 g/mol. The summed E-state index contributed by atoms with van der Waals surface area (Å²) in [5.74, 6) is 0.496. The van der Waals surface area contributed by atoms with Crippen molar-refractivity contribution in [3.63, 3.8) is 0 Å². The molecule has 1 heterocycles. The molecule has 0 aliphatic carbocycles. The van der Waals surface area contributed by atoms with Crippen molar-refractivity contribution in [3.8, 4) is 0 Å². The van der Waals surface area contributed by atoms with Crippen molar-refractivity contribution in [3.05, 3.63) is 23.9 Å². The molecular formula is C18H31N3O2. The Morgan fingerprint density at radius 1 is 1.17 bits per heavy atom. The molecule has 0 aliphatic heterocycles. The summed E-state index contributed by atoms with van der Waals surface area (Å²) in [6.07, 6.45) is 0.404. The van der Waals surface area contributed by atoms with Gasteiger partial charge in [0.25, 0.3) is 0 Å². The average Bonchev–Trinajstić information content (AvgIpc) is 2.35. The molecule has 0 spiro atoms. The lowest BCUT2D eigenvalue weighted by atomic mass is 9.73. The van der Waals surface area contributed by atoms with Crippen LogP contribution < -0.4 is 11.1 Å². The summed E-state index contributed by atoms with van der Waals surface area (Å²) in [7, 11) is 0. The van der Waals surface area contributed by atoms with E-state index < -0.39 is 11.7 Å².